The van der Waals surface area contributed by atoms with Crippen molar-refractivity contribution in [2.75, 3.05) is 33.2 Å². The summed E-state index contributed by atoms with van der Waals surface area (Å²) < 4.78 is 0. The van der Waals surface area contributed by atoms with Crippen LogP contribution < -0.4 is 0 Å². The topological polar surface area (TPSA) is 84.3 Å². The molecule has 114 valence electrons. The number of urea groups is 1. The number of carboxylic acid groups (broad SMARTS) is 1. The minimum absolute atomic E-state index is 0.110. The number of β-amino-alcohol motifs (C(OH)–C–C–N with tert-alkyl or cyclic N) is 1. The van der Waals surface area contributed by atoms with Crippen LogP contribution in [0.15, 0.2) is 0 Å². The van der Waals surface area contributed by atoms with Gasteiger partial charge >= 0.3 is 12.0 Å². The molecule has 0 radical (unpaired) electrons. The van der Waals surface area contributed by atoms with Gasteiger partial charge in [0.05, 0.1) is 6.10 Å². The van der Waals surface area contributed by atoms with Crippen LogP contribution in [-0.2, 0) is 4.79 Å². The first-order valence-electron chi connectivity index (χ1n) is 7.10. The second-order valence-electron chi connectivity index (χ2n) is 5.67. The van der Waals surface area contributed by atoms with Crippen molar-refractivity contribution in [1.82, 2.24) is 14.7 Å². The number of nitrogens with zero attached hydrogens (tertiary/aromatic N) is 3. The molecule has 0 spiro atoms. The summed E-state index contributed by atoms with van der Waals surface area (Å²) in [7, 11) is 2.04. The molecule has 2 saturated heterocycles. The number of likely N-dealkylation sites (tertiary alicyclic amines) is 1. The number of hydrogen-bond donors (Lipinski definition) is 2. The molecule has 2 heterocycles. The highest BCUT2D eigenvalue weighted by molar-refractivity contribution is 5.83. The molecule has 0 aromatic heterocycles. The number of likely N-dealkylation sites (N-methyl/N-ethyl adjacent to an activating group) is 1. The van der Waals surface area contributed by atoms with E-state index in [2.05, 4.69) is 11.8 Å². The number of aliphatic hydroxyl groups is 1. The average molecular weight is 285 g/mol. The number of hydrogen-bond acceptors (Lipinski definition) is 4. The molecule has 1 unspecified atom stereocenters. The van der Waals surface area contributed by atoms with Crippen LogP contribution in [0.5, 0.6) is 0 Å². The van der Waals surface area contributed by atoms with Crippen LogP contribution in [0.2, 0.25) is 0 Å². The summed E-state index contributed by atoms with van der Waals surface area (Å²) in [5.74, 6) is -1.05. The van der Waals surface area contributed by atoms with Crippen LogP contribution in [0, 0.1) is 0 Å². The number of piperazine rings is 1. The lowest BCUT2D eigenvalue weighted by Crippen LogP contribution is -2.57. The first-order chi connectivity index (χ1) is 9.43. The molecule has 2 N–H and O–H groups in total. The fraction of sp³-hybridized carbons (Fsp3) is 0.846. The van der Waals surface area contributed by atoms with E-state index in [1.54, 1.807) is 4.90 Å². The zero-order valence-corrected chi connectivity index (χ0v) is 12.0. The summed E-state index contributed by atoms with van der Waals surface area (Å²) in [5, 5.41) is 18.8. The Morgan fingerprint density at radius 3 is 2.55 bits per heavy atom. The van der Waals surface area contributed by atoms with Gasteiger partial charge in [0, 0.05) is 38.6 Å². The summed E-state index contributed by atoms with van der Waals surface area (Å²) in [6.07, 6.45) is 0.326. The number of aliphatic carboxylic acids is 1. The SMILES string of the molecule is CCC1CN(C(=O)N2C[C@H](O)C[C@H]2C(=O)O)CCN1C. The predicted octanol–water partition coefficient (Wildman–Crippen LogP) is -0.348. The van der Waals surface area contributed by atoms with Crippen molar-refractivity contribution in [3.8, 4) is 0 Å². The fourth-order valence-electron chi connectivity index (χ4n) is 3.00. The van der Waals surface area contributed by atoms with E-state index >= 15 is 0 Å². The molecule has 7 heteroatoms. The van der Waals surface area contributed by atoms with Crippen molar-refractivity contribution in [3.05, 3.63) is 0 Å². The molecule has 2 amide bonds. The van der Waals surface area contributed by atoms with Crippen LogP contribution in [0.4, 0.5) is 4.79 Å². The lowest BCUT2D eigenvalue weighted by Gasteiger charge is -2.41. The second kappa shape index (κ2) is 5.97. The molecule has 3 atom stereocenters. The molecule has 2 aliphatic heterocycles. The van der Waals surface area contributed by atoms with Crippen LogP contribution in [0.1, 0.15) is 19.8 Å². The van der Waals surface area contributed by atoms with Crippen molar-refractivity contribution < 1.29 is 19.8 Å². The van der Waals surface area contributed by atoms with Gasteiger partial charge in [-0.2, -0.15) is 0 Å². The van der Waals surface area contributed by atoms with E-state index in [1.807, 2.05) is 7.05 Å². The quantitative estimate of drug-likeness (QED) is 0.724. The number of carbonyl (C=O) groups is 2. The summed E-state index contributed by atoms with van der Waals surface area (Å²) >= 11 is 0. The zero-order valence-electron chi connectivity index (χ0n) is 12.0. The maximum Gasteiger partial charge on any atom is 0.326 e. The maximum absolute atomic E-state index is 12.5. The van der Waals surface area contributed by atoms with E-state index in [1.165, 1.54) is 4.90 Å². The second-order valence-corrected chi connectivity index (χ2v) is 5.67. The van der Waals surface area contributed by atoms with Crippen molar-refractivity contribution in [2.45, 2.75) is 38.0 Å². The monoisotopic (exact) mass is 285 g/mol. The van der Waals surface area contributed by atoms with Gasteiger partial charge in [-0.25, -0.2) is 9.59 Å². The van der Waals surface area contributed by atoms with E-state index < -0.39 is 18.1 Å². The number of aliphatic hydroxyl groups excluding tert-OH is 1. The molecule has 0 aromatic carbocycles. The van der Waals surface area contributed by atoms with Gasteiger partial charge in [0.1, 0.15) is 6.04 Å². The van der Waals surface area contributed by atoms with Crippen molar-refractivity contribution in [3.63, 3.8) is 0 Å². The van der Waals surface area contributed by atoms with E-state index in [9.17, 15) is 14.7 Å². The molecule has 2 aliphatic rings. The van der Waals surface area contributed by atoms with Crippen LogP contribution >= 0.6 is 0 Å². The van der Waals surface area contributed by atoms with E-state index in [0.717, 1.165) is 13.0 Å². The third kappa shape index (κ3) is 2.88. The van der Waals surface area contributed by atoms with Gasteiger partial charge in [0.15, 0.2) is 0 Å². The normalized spacial score (nSPS) is 31.6. The molecule has 0 aliphatic carbocycles. The van der Waals surface area contributed by atoms with Crippen molar-refractivity contribution >= 4 is 12.0 Å². The van der Waals surface area contributed by atoms with Crippen LogP contribution in [-0.4, -0.2) is 88.3 Å². The van der Waals surface area contributed by atoms with Gasteiger partial charge in [0.25, 0.3) is 0 Å². The minimum atomic E-state index is -1.05. The summed E-state index contributed by atoms with van der Waals surface area (Å²) in [4.78, 5) is 28.9. The molecule has 0 saturated carbocycles. The van der Waals surface area contributed by atoms with Gasteiger partial charge < -0.3 is 20.0 Å². The molecular formula is C13H23N3O4. The Balaban J connectivity index is 2.05. The minimum Gasteiger partial charge on any atom is -0.480 e. The largest absolute Gasteiger partial charge is 0.480 e. The van der Waals surface area contributed by atoms with Crippen molar-refractivity contribution in [2.24, 2.45) is 0 Å². The third-order valence-electron chi connectivity index (χ3n) is 4.33. The highest BCUT2D eigenvalue weighted by Gasteiger charge is 2.41. The highest BCUT2D eigenvalue weighted by atomic mass is 16.4. The molecular weight excluding hydrogens is 262 g/mol. The Bertz CT molecular complexity index is 390. The summed E-state index contributed by atoms with van der Waals surface area (Å²) in [6, 6.07) is -0.860. The zero-order chi connectivity index (χ0) is 14.9. The lowest BCUT2D eigenvalue weighted by molar-refractivity contribution is -0.141. The lowest BCUT2D eigenvalue weighted by atomic mass is 10.1. The standard InChI is InChI=1S/C13H23N3O4/c1-3-9-7-15(5-4-14(9)2)13(20)16-8-10(17)6-11(16)12(18)19/h9-11,17H,3-8H2,1-2H3,(H,18,19)/t9?,10-,11+/m1/s1. The van der Waals surface area contributed by atoms with Gasteiger partial charge in [0.2, 0.25) is 0 Å². The predicted molar refractivity (Wildman–Crippen MR) is 72.4 cm³/mol. The Morgan fingerprint density at radius 1 is 1.25 bits per heavy atom. The molecule has 2 fully saturated rings. The Kier molecular flexibility index (Phi) is 4.49. The molecule has 2 rings (SSSR count). The first kappa shape index (κ1) is 15.1. The Morgan fingerprint density at radius 2 is 1.95 bits per heavy atom. The molecule has 7 nitrogen and oxygen atoms in total. The highest BCUT2D eigenvalue weighted by Crippen LogP contribution is 2.21. The van der Waals surface area contributed by atoms with Gasteiger partial charge in [-0.1, -0.05) is 6.92 Å². The molecule has 20 heavy (non-hydrogen) atoms. The van der Waals surface area contributed by atoms with Crippen LogP contribution in [0.25, 0.3) is 0 Å². The van der Waals surface area contributed by atoms with E-state index in [4.69, 9.17) is 5.11 Å². The number of carbonyl (C=O) groups excluding carboxylic acids is 1. The average Bonchev–Trinajstić information content (AvgIpc) is 2.81. The summed E-state index contributed by atoms with van der Waals surface area (Å²) in [5.41, 5.74) is 0. The van der Waals surface area contributed by atoms with E-state index in [0.29, 0.717) is 19.1 Å². The fourth-order valence-corrected chi connectivity index (χ4v) is 3.00. The molecule has 0 bridgehead atoms. The number of carboxylic acids is 1. The third-order valence-corrected chi connectivity index (χ3v) is 4.33. The van der Waals surface area contributed by atoms with Crippen LogP contribution in [0.3, 0.4) is 0 Å². The summed E-state index contributed by atoms with van der Waals surface area (Å²) in [6.45, 7) is 4.20. The first-order valence-corrected chi connectivity index (χ1v) is 7.10. The van der Waals surface area contributed by atoms with Gasteiger partial charge in [-0.3, -0.25) is 4.90 Å². The smallest absolute Gasteiger partial charge is 0.326 e. The van der Waals surface area contributed by atoms with Crippen molar-refractivity contribution in [1.29, 1.82) is 0 Å². The number of rotatable bonds is 2. The molecule has 0 aromatic rings. The van der Waals surface area contributed by atoms with Gasteiger partial charge in [-0.05, 0) is 13.5 Å². The van der Waals surface area contributed by atoms with E-state index in [-0.39, 0.29) is 19.0 Å². The number of amides is 2. The maximum atomic E-state index is 12.5. The Labute approximate surface area is 118 Å². The van der Waals surface area contributed by atoms with Gasteiger partial charge in [-0.15, -0.1) is 0 Å². The Hall–Kier alpha value is -1.34.